The maximum Gasteiger partial charge on any atom is 0.202 e. The topological polar surface area (TPSA) is 17.1 Å². The second-order valence-electron chi connectivity index (χ2n) is 3.37. The Labute approximate surface area is 111 Å². The van der Waals surface area contributed by atoms with Gasteiger partial charge in [0.15, 0.2) is 0 Å². The van der Waals surface area contributed by atoms with Crippen LogP contribution in [0.15, 0.2) is 34.8 Å². The third-order valence-electron chi connectivity index (χ3n) is 2.15. The molecule has 0 amide bonds. The fourth-order valence-corrected chi connectivity index (χ4v) is 2.66. The molecule has 1 heterocycles. The first-order valence-corrected chi connectivity index (χ1v) is 6.63. The average molecular weight is 316 g/mol. The SMILES string of the molecule is Cc1ccc(C(=O)c2ccc(Cl)c(Br)c2)s1. The van der Waals surface area contributed by atoms with Gasteiger partial charge in [-0.25, -0.2) is 0 Å². The van der Waals surface area contributed by atoms with Crippen molar-refractivity contribution in [3.8, 4) is 0 Å². The van der Waals surface area contributed by atoms with E-state index in [0.717, 1.165) is 14.2 Å². The van der Waals surface area contributed by atoms with Crippen molar-refractivity contribution in [2.45, 2.75) is 6.92 Å². The maximum absolute atomic E-state index is 12.1. The maximum atomic E-state index is 12.1. The highest BCUT2D eigenvalue weighted by molar-refractivity contribution is 9.10. The minimum absolute atomic E-state index is 0.0375. The van der Waals surface area contributed by atoms with Gasteiger partial charge in [-0.15, -0.1) is 11.3 Å². The van der Waals surface area contributed by atoms with Crippen LogP contribution in [0, 0.1) is 6.92 Å². The van der Waals surface area contributed by atoms with E-state index in [1.54, 1.807) is 18.2 Å². The smallest absolute Gasteiger partial charge is 0.202 e. The molecule has 4 heteroatoms. The van der Waals surface area contributed by atoms with Crippen molar-refractivity contribution in [3.63, 3.8) is 0 Å². The number of aryl methyl sites for hydroxylation is 1. The van der Waals surface area contributed by atoms with Crippen LogP contribution in [0.5, 0.6) is 0 Å². The molecular formula is C12H8BrClOS. The van der Waals surface area contributed by atoms with Gasteiger partial charge in [0.05, 0.1) is 9.90 Å². The van der Waals surface area contributed by atoms with Crippen LogP contribution in [0.25, 0.3) is 0 Å². The van der Waals surface area contributed by atoms with Crippen LogP contribution in [-0.2, 0) is 0 Å². The number of hydrogen-bond acceptors (Lipinski definition) is 2. The molecule has 0 aliphatic rings. The van der Waals surface area contributed by atoms with Gasteiger partial charge in [0.2, 0.25) is 5.78 Å². The summed E-state index contributed by atoms with van der Waals surface area (Å²) in [6.07, 6.45) is 0. The zero-order chi connectivity index (χ0) is 11.7. The number of hydrogen-bond donors (Lipinski definition) is 0. The van der Waals surface area contributed by atoms with Crippen molar-refractivity contribution >= 4 is 44.7 Å². The predicted octanol–water partition coefficient (Wildman–Crippen LogP) is 4.70. The molecule has 0 fully saturated rings. The Bertz CT molecular complexity index is 548. The molecule has 0 aliphatic heterocycles. The second kappa shape index (κ2) is 4.70. The summed E-state index contributed by atoms with van der Waals surface area (Å²) < 4.78 is 0.744. The molecule has 0 unspecified atom stereocenters. The molecule has 2 aromatic rings. The molecule has 2 rings (SSSR count). The van der Waals surface area contributed by atoms with E-state index in [4.69, 9.17) is 11.6 Å². The van der Waals surface area contributed by atoms with Gasteiger partial charge in [-0.05, 0) is 53.2 Å². The standard InChI is InChI=1S/C12H8BrClOS/c1-7-2-5-11(16-7)12(15)8-3-4-10(14)9(13)6-8/h2-6H,1H3. The van der Waals surface area contributed by atoms with Crippen LogP contribution in [0.2, 0.25) is 5.02 Å². The molecule has 0 radical (unpaired) electrons. The van der Waals surface area contributed by atoms with Gasteiger partial charge in [0.1, 0.15) is 0 Å². The first-order valence-electron chi connectivity index (χ1n) is 4.64. The highest BCUT2D eigenvalue weighted by Crippen LogP contribution is 2.26. The summed E-state index contributed by atoms with van der Waals surface area (Å²) >= 11 is 10.7. The molecule has 0 atom stereocenters. The number of halogens is 2. The van der Waals surface area contributed by atoms with Crippen molar-refractivity contribution in [2.24, 2.45) is 0 Å². The van der Waals surface area contributed by atoms with E-state index in [0.29, 0.717) is 10.6 Å². The van der Waals surface area contributed by atoms with Gasteiger partial charge in [-0.3, -0.25) is 4.79 Å². The Kier molecular flexibility index (Phi) is 3.47. The van der Waals surface area contributed by atoms with E-state index in [1.165, 1.54) is 11.3 Å². The van der Waals surface area contributed by atoms with Crippen LogP contribution < -0.4 is 0 Å². The van der Waals surface area contributed by atoms with Crippen LogP contribution in [0.1, 0.15) is 20.1 Å². The van der Waals surface area contributed by atoms with Crippen molar-refractivity contribution in [1.82, 2.24) is 0 Å². The first kappa shape index (κ1) is 11.8. The van der Waals surface area contributed by atoms with Gasteiger partial charge >= 0.3 is 0 Å². The van der Waals surface area contributed by atoms with Crippen molar-refractivity contribution in [3.05, 3.63) is 55.1 Å². The molecular weight excluding hydrogens is 308 g/mol. The zero-order valence-electron chi connectivity index (χ0n) is 8.46. The Morgan fingerprint density at radius 2 is 2.06 bits per heavy atom. The fourth-order valence-electron chi connectivity index (χ4n) is 1.34. The summed E-state index contributed by atoms with van der Waals surface area (Å²) in [7, 11) is 0. The molecule has 16 heavy (non-hydrogen) atoms. The Morgan fingerprint density at radius 3 is 2.62 bits per heavy atom. The molecule has 0 bridgehead atoms. The number of ketones is 1. The van der Waals surface area contributed by atoms with E-state index in [-0.39, 0.29) is 5.78 Å². The van der Waals surface area contributed by atoms with E-state index in [9.17, 15) is 4.79 Å². The largest absolute Gasteiger partial charge is 0.288 e. The first-order chi connectivity index (χ1) is 7.58. The summed E-state index contributed by atoms with van der Waals surface area (Å²) in [6.45, 7) is 1.99. The van der Waals surface area contributed by atoms with Crippen molar-refractivity contribution in [2.75, 3.05) is 0 Å². The average Bonchev–Trinajstić information content (AvgIpc) is 2.68. The third-order valence-corrected chi connectivity index (χ3v) is 4.36. The van der Waals surface area contributed by atoms with Gasteiger partial charge in [0.25, 0.3) is 0 Å². The molecule has 0 spiro atoms. The summed E-state index contributed by atoms with van der Waals surface area (Å²) in [5.74, 6) is 0.0375. The predicted molar refractivity (Wildman–Crippen MR) is 71.6 cm³/mol. The van der Waals surface area contributed by atoms with Crippen molar-refractivity contribution in [1.29, 1.82) is 0 Å². The number of thiophene rings is 1. The van der Waals surface area contributed by atoms with Gasteiger partial charge in [0, 0.05) is 14.9 Å². The molecule has 82 valence electrons. The van der Waals surface area contributed by atoms with E-state index >= 15 is 0 Å². The number of benzene rings is 1. The normalized spacial score (nSPS) is 10.4. The Balaban J connectivity index is 2.38. The lowest BCUT2D eigenvalue weighted by Crippen LogP contribution is -1.98. The quantitative estimate of drug-likeness (QED) is 0.734. The van der Waals surface area contributed by atoms with E-state index in [1.807, 2.05) is 19.1 Å². The molecule has 1 aromatic heterocycles. The van der Waals surface area contributed by atoms with E-state index in [2.05, 4.69) is 15.9 Å². The van der Waals surface area contributed by atoms with Crippen molar-refractivity contribution < 1.29 is 4.79 Å². The molecule has 0 N–H and O–H groups in total. The van der Waals surface area contributed by atoms with Crippen LogP contribution in [0.3, 0.4) is 0 Å². The number of rotatable bonds is 2. The highest BCUT2D eigenvalue weighted by atomic mass is 79.9. The summed E-state index contributed by atoms with van der Waals surface area (Å²) in [5.41, 5.74) is 0.651. The minimum atomic E-state index is 0.0375. The number of carbonyl (C=O) groups excluding carboxylic acids is 1. The Morgan fingerprint density at radius 1 is 1.31 bits per heavy atom. The minimum Gasteiger partial charge on any atom is -0.288 e. The highest BCUT2D eigenvalue weighted by Gasteiger charge is 2.12. The van der Waals surface area contributed by atoms with Gasteiger partial charge in [-0.1, -0.05) is 11.6 Å². The zero-order valence-corrected chi connectivity index (χ0v) is 11.6. The molecule has 0 aliphatic carbocycles. The fraction of sp³-hybridized carbons (Fsp3) is 0.0833. The van der Waals surface area contributed by atoms with E-state index < -0.39 is 0 Å². The molecule has 1 aromatic carbocycles. The molecule has 0 saturated heterocycles. The van der Waals surface area contributed by atoms with Gasteiger partial charge in [-0.2, -0.15) is 0 Å². The van der Waals surface area contributed by atoms with Crippen LogP contribution in [0.4, 0.5) is 0 Å². The Hall–Kier alpha value is -0.640. The number of carbonyl (C=O) groups is 1. The molecule has 1 nitrogen and oxygen atoms in total. The van der Waals surface area contributed by atoms with Gasteiger partial charge < -0.3 is 0 Å². The lowest BCUT2D eigenvalue weighted by molar-refractivity contribution is 0.104. The summed E-state index contributed by atoms with van der Waals surface area (Å²) in [6, 6.07) is 9.01. The van der Waals surface area contributed by atoms with Crippen LogP contribution in [-0.4, -0.2) is 5.78 Å². The second-order valence-corrected chi connectivity index (χ2v) is 5.92. The summed E-state index contributed by atoms with van der Waals surface area (Å²) in [5, 5.41) is 0.610. The lowest BCUT2D eigenvalue weighted by atomic mass is 10.1. The third kappa shape index (κ3) is 2.37. The summed E-state index contributed by atoms with van der Waals surface area (Å²) in [4.78, 5) is 14.0. The molecule has 0 saturated carbocycles. The monoisotopic (exact) mass is 314 g/mol. The van der Waals surface area contributed by atoms with Crippen LogP contribution >= 0.6 is 38.9 Å². The lowest BCUT2D eigenvalue weighted by Gasteiger charge is -2.00.